The van der Waals surface area contributed by atoms with Gasteiger partial charge < -0.3 is 14.5 Å². The minimum absolute atomic E-state index is 0.217. The maximum atomic E-state index is 12.7. The average Bonchev–Trinajstić information content (AvgIpc) is 3.39. The van der Waals surface area contributed by atoms with Crippen molar-refractivity contribution in [2.45, 2.75) is 13.5 Å². The zero-order chi connectivity index (χ0) is 20.5. The van der Waals surface area contributed by atoms with Gasteiger partial charge in [-0.1, -0.05) is 24.3 Å². The van der Waals surface area contributed by atoms with E-state index in [-0.39, 0.29) is 5.91 Å². The number of benzene rings is 2. The van der Waals surface area contributed by atoms with E-state index in [1.54, 1.807) is 24.4 Å². The molecule has 0 spiro atoms. The van der Waals surface area contributed by atoms with Gasteiger partial charge in [-0.15, -0.1) is 0 Å². The van der Waals surface area contributed by atoms with Crippen molar-refractivity contribution < 1.29 is 9.53 Å². The van der Waals surface area contributed by atoms with Crippen LogP contribution in [0.15, 0.2) is 73.2 Å². The van der Waals surface area contributed by atoms with E-state index in [0.717, 1.165) is 27.8 Å². The monoisotopic (exact) mass is 397 g/mol. The molecule has 0 saturated heterocycles. The Kier molecular flexibility index (Phi) is 4.40. The van der Waals surface area contributed by atoms with Crippen LogP contribution in [-0.2, 0) is 6.61 Å². The Morgan fingerprint density at radius 2 is 2.03 bits per heavy atom. The fourth-order valence-electron chi connectivity index (χ4n) is 3.38. The molecular weight excluding hydrogens is 378 g/mol. The number of pyridine rings is 1. The van der Waals surface area contributed by atoms with Crippen LogP contribution >= 0.6 is 0 Å². The van der Waals surface area contributed by atoms with Gasteiger partial charge in [0.25, 0.3) is 5.91 Å². The first-order valence-corrected chi connectivity index (χ1v) is 9.56. The summed E-state index contributed by atoms with van der Waals surface area (Å²) in [4.78, 5) is 17.3. The molecular formula is C23H19N5O2. The first-order valence-electron chi connectivity index (χ1n) is 9.56. The van der Waals surface area contributed by atoms with Crippen LogP contribution in [0.2, 0.25) is 0 Å². The Morgan fingerprint density at radius 1 is 1.13 bits per heavy atom. The number of nitrogens with zero attached hydrogens (tertiary/aromatic N) is 3. The Balaban J connectivity index is 1.30. The number of anilines is 1. The molecule has 0 bridgehead atoms. The average molecular weight is 397 g/mol. The van der Waals surface area contributed by atoms with Crippen LogP contribution in [0.3, 0.4) is 0 Å². The van der Waals surface area contributed by atoms with Gasteiger partial charge in [-0.2, -0.15) is 5.10 Å². The number of imidazole rings is 1. The molecule has 3 aromatic heterocycles. The fourth-order valence-corrected chi connectivity index (χ4v) is 3.38. The third-order valence-corrected chi connectivity index (χ3v) is 4.86. The summed E-state index contributed by atoms with van der Waals surface area (Å²) in [5, 5.41) is 10.8. The van der Waals surface area contributed by atoms with Gasteiger partial charge in [-0.05, 0) is 42.8 Å². The van der Waals surface area contributed by atoms with Crippen LogP contribution in [0, 0.1) is 6.92 Å². The molecule has 0 aliphatic rings. The van der Waals surface area contributed by atoms with Crippen LogP contribution in [0.25, 0.3) is 16.6 Å². The molecule has 5 rings (SSSR count). The molecule has 30 heavy (non-hydrogen) atoms. The van der Waals surface area contributed by atoms with Crippen molar-refractivity contribution in [2.24, 2.45) is 0 Å². The molecule has 2 N–H and O–H groups in total. The molecule has 148 valence electrons. The van der Waals surface area contributed by atoms with Gasteiger partial charge in [-0.25, -0.2) is 4.98 Å². The summed E-state index contributed by atoms with van der Waals surface area (Å²) in [7, 11) is 0. The van der Waals surface area contributed by atoms with Crippen molar-refractivity contribution in [3.63, 3.8) is 0 Å². The molecule has 0 atom stereocenters. The highest BCUT2D eigenvalue weighted by Gasteiger charge is 2.11. The predicted molar refractivity (Wildman–Crippen MR) is 115 cm³/mol. The van der Waals surface area contributed by atoms with Crippen LogP contribution in [-0.4, -0.2) is 25.5 Å². The lowest BCUT2D eigenvalue weighted by molar-refractivity contribution is 0.102. The summed E-state index contributed by atoms with van der Waals surface area (Å²) in [6.07, 6.45) is 5.70. The van der Waals surface area contributed by atoms with Crippen molar-refractivity contribution in [1.82, 2.24) is 19.6 Å². The van der Waals surface area contributed by atoms with Gasteiger partial charge in [0.15, 0.2) is 0 Å². The normalized spacial score (nSPS) is 11.1. The number of aromatic nitrogens is 4. The first-order chi connectivity index (χ1) is 14.7. The number of hydrogen-bond acceptors (Lipinski definition) is 4. The van der Waals surface area contributed by atoms with Crippen molar-refractivity contribution in [3.8, 4) is 5.75 Å². The van der Waals surface area contributed by atoms with Gasteiger partial charge in [0.05, 0.1) is 23.1 Å². The largest absolute Gasteiger partial charge is 0.487 e. The molecule has 5 aromatic rings. The lowest BCUT2D eigenvalue weighted by Gasteiger charge is -2.08. The zero-order valence-electron chi connectivity index (χ0n) is 16.3. The number of aryl methyl sites for hydroxylation is 1. The molecule has 2 aromatic carbocycles. The highest BCUT2D eigenvalue weighted by Crippen LogP contribution is 2.22. The van der Waals surface area contributed by atoms with Gasteiger partial charge in [-0.3, -0.25) is 9.89 Å². The summed E-state index contributed by atoms with van der Waals surface area (Å²) in [5.41, 5.74) is 4.84. The number of amides is 1. The molecule has 0 fully saturated rings. The molecule has 3 heterocycles. The number of nitrogens with one attached hydrogen (secondary N) is 2. The number of fused-ring (bicyclic) bond motifs is 2. The highest BCUT2D eigenvalue weighted by molar-refractivity contribution is 6.08. The summed E-state index contributed by atoms with van der Waals surface area (Å²) in [6.45, 7) is 2.36. The second-order valence-corrected chi connectivity index (χ2v) is 7.11. The third kappa shape index (κ3) is 3.48. The molecule has 0 saturated carbocycles. The summed E-state index contributed by atoms with van der Waals surface area (Å²) in [5.74, 6) is 0.390. The fraction of sp³-hybridized carbons (Fsp3) is 0.0870. The quantitative estimate of drug-likeness (QED) is 0.462. The molecule has 0 radical (unpaired) electrons. The molecule has 7 nitrogen and oxygen atoms in total. The number of carbonyl (C=O) groups is 1. The number of ether oxygens (including phenoxy) is 1. The second-order valence-electron chi connectivity index (χ2n) is 7.11. The molecule has 1 amide bonds. The second kappa shape index (κ2) is 7.36. The smallest absolute Gasteiger partial charge is 0.255 e. The SMILES string of the molecule is Cc1ccc2nc(COc3cccc(C(=O)Nc4cccc5cn[nH]c45)c3)cn2c1. The summed E-state index contributed by atoms with van der Waals surface area (Å²) >= 11 is 0. The maximum Gasteiger partial charge on any atom is 0.255 e. The van der Waals surface area contributed by atoms with E-state index in [9.17, 15) is 4.79 Å². The van der Waals surface area contributed by atoms with E-state index >= 15 is 0 Å². The summed E-state index contributed by atoms with van der Waals surface area (Å²) in [6, 6.07) is 16.8. The van der Waals surface area contributed by atoms with E-state index in [2.05, 4.69) is 20.5 Å². The van der Waals surface area contributed by atoms with Gasteiger partial charge >= 0.3 is 0 Å². The van der Waals surface area contributed by atoms with Crippen LogP contribution in [0.5, 0.6) is 5.75 Å². The minimum atomic E-state index is -0.217. The van der Waals surface area contributed by atoms with E-state index < -0.39 is 0 Å². The van der Waals surface area contributed by atoms with E-state index in [0.29, 0.717) is 23.6 Å². The Hall–Kier alpha value is -4.13. The van der Waals surface area contributed by atoms with Crippen molar-refractivity contribution in [3.05, 3.63) is 90.0 Å². The highest BCUT2D eigenvalue weighted by atomic mass is 16.5. The standard InChI is InChI=1S/C23H19N5O2/c1-15-8-9-21-25-18(13-28(21)12-15)14-30-19-6-2-4-16(10-19)23(29)26-20-7-3-5-17-11-24-27-22(17)20/h2-13H,14H2,1H3,(H,24,27)(H,26,29). The van der Waals surface area contributed by atoms with E-state index in [4.69, 9.17) is 4.74 Å². The zero-order valence-corrected chi connectivity index (χ0v) is 16.3. The number of H-pyrrole nitrogens is 1. The summed E-state index contributed by atoms with van der Waals surface area (Å²) < 4.78 is 7.86. The Labute approximate surface area is 172 Å². The van der Waals surface area contributed by atoms with Gasteiger partial charge in [0.2, 0.25) is 0 Å². The van der Waals surface area contributed by atoms with Crippen LogP contribution in [0.4, 0.5) is 5.69 Å². The van der Waals surface area contributed by atoms with E-state index in [1.165, 1.54) is 0 Å². The van der Waals surface area contributed by atoms with Gasteiger partial charge in [0, 0.05) is 23.3 Å². The molecule has 0 aliphatic carbocycles. The molecule has 0 aliphatic heterocycles. The predicted octanol–water partition coefficient (Wildman–Crippen LogP) is 4.35. The number of carbonyl (C=O) groups excluding carboxylic acids is 1. The number of rotatable bonds is 5. The first kappa shape index (κ1) is 17.9. The van der Waals surface area contributed by atoms with Crippen molar-refractivity contribution in [1.29, 1.82) is 0 Å². The lowest BCUT2D eigenvalue weighted by atomic mass is 10.2. The lowest BCUT2D eigenvalue weighted by Crippen LogP contribution is -2.12. The maximum absolute atomic E-state index is 12.7. The topological polar surface area (TPSA) is 84.3 Å². The van der Waals surface area contributed by atoms with Crippen molar-refractivity contribution in [2.75, 3.05) is 5.32 Å². The molecule has 0 unspecified atom stereocenters. The number of aromatic amines is 1. The Morgan fingerprint density at radius 3 is 2.97 bits per heavy atom. The number of para-hydroxylation sites is 1. The van der Waals surface area contributed by atoms with Crippen LogP contribution in [0.1, 0.15) is 21.6 Å². The van der Waals surface area contributed by atoms with Gasteiger partial charge in [0.1, 0.15) is 18.0 Å². The van der Waals surface area contributed by atoms with Crippen LogP contribution < -0.4 is 10.1 Å². The van der Waals surface area contributed by atoms with E-state index in [1.807, 2.05) is 60.1 Å². The Bertz CT molecular complexity index is 1370. The van der Waals surface area contributed by atoms with Crippen molar-refractivity contribution >= 4 is 28.1 Å². The third-order valence-electron chi connectivity index (χ3n) is 4.86. The number of hydrogen-bond donors (Lipinski definition) is 2. The molecule has 7 heteroatoms. The minimum Gasteiger partial charge on any atom is -0.487 e.